The van der Waals surface area contributed by atoms with Crippen molar-refractivity contribution in [3.63, 3.8) is 0 Å². The van der Waals surface area contributed by atoms with Gasteiger partial charge in [0.1, 0.15) is 54.1 Å². The van der Waals surface area contributed by atoms with E-state index in [4.69, 9.17) is 84.6 Å². The molecule has 4 unspecified atom stereocenters. The van der Waals surface area contributed by atoms with E-state index in [2.05, 4.69) is 105 Å². The number of halogens is 4. The van der Waals surface area contributed by atoms with Crippen LogP contribution in [0.15, 0.2) is 164 Å². The number of rotatable bonds is 21. The van der Waals surface area contributed by atoms with Crippen molar-refractivity contribution in [3.8, 4) is 23.0 Å². The van der Waals surface area contributed by atoms with E-state index in [1.807, 2.05) is 106 Å². The number of benzene rings is 4. The summed E-state index contributed by atoms with van der Waals surface area (Å²) in [6, 6.07) is 18.6. The standard InChI is InChI=1S/C19H24ClN5O5S2.3C18H22ClN5O5S2.4CH4/c1-9(2)11-7-14(30-8-11)15(10(3)4)23-19-18(24-31(27)25-19)22-13-6-5-12(20)17(16(13)26)32(21,28)29;1-9-5-8-12(29-9)15(18(2,3)4)22-17-16(23-30(26)24-17)21-11-7-6-10(19)14(13(11)25)31(20,27)28;1-8(2)14(13-7-9(3)10(4)29-13)22-18-17(23-30(26)24-18)21-12-6-5-11(19)16(15(12)25)31(20,27)28;1-4-12(14-7-10(8-29-14)9(2)3)21-17-18(24-30(26)23-17)22-13-6-5-11(19)16(15(13)25)31(20,27)28;;;;/h5-10,15,26H,1-4H3,(H,22,24)(H,23,25)(H2,21,28,29);5-8,15,25H,1-4H3,(H,21,23)(H,22,24)(H2,20,27,28);5-8,14,25H,1-4H3,(H,21,23)(H,22,24)(H2,20,27,28);5-9,12,25H,4H2,1-3H3,(H,21,23)(H,22,24)(H2,20,27,28);4*1H4/t15-,31?;15-,30?;14-,30?;12-,30?;;;;/m1011..../s1. The number of nitrogens with one attached hydrogen (secondary N) is 8. The largest absolute Gasteiger partial charge is 0.504 e. The Morgan fingerprint density at radius 3 is 0.961 bits per heavy atom. The van der Waals surface area contributed by atoms with Crippen molar-refractivity contribution >= 4 is 201 Å². The van der Waals surface area contributed by atoms with E-state index < -0.39 is 127 Å². The number of sulfonamides is 4. The summed E-state index contributed by atoms with van der Waals surface area (Å²) in [6.45, 7) is 29.7. The Kier molecular flexibility index (Phi) is 37.9. The molecule has 0 spiro atoms. The molecule has 4 aromatic heterocycles. The minimum Gasteiger partial charge on any atom is -0.504 e. The normalized spacial score (nSPS) is 17.0. The van der Waals surface area contributed by atoms with Crippen LogP contribution in [0.5, 0.6) is 23.0 Å². The first kappa shape index (κ1) is 110. The van der Waals surface area contributed by atoms with Gasteiger partial charge in [0.05, 0.1) is 79.5 Å². The maximum atomic E-state index is 12.0. The summed E-state index contributed by atoms with van der Waals surface area (Å²) in [5.41, 5.74) is 2.55. The Morgan fingerprint density at radius 2 is 0.698 bits per heavy atom. The maximum absolute atomic E-state index is 12.0. The summed E-state index contributed by atoms with van der Waals surface area (Å²) in [6.07, 6.45) is 4.01. The van der Waals surface area contributed by atoms with Gasteiger partial charge in [-0.15, -0.1) is 35.2 Å². The van der Waals surface area contributed by atoms with Gasteiger partial charge in [0, 0.05) is 0 Å². The van der Waals surface area contributed by atoms with E-state index >= 15 is 0 Å². The Labute approximate surface area is 779 Å². The molecule has 8 atom stereocenters. The molecule has 0 fully saturated rings. The van der Waals surface area contributed by atoms with Gasteiger partial charge in [0.2, 0.25) is 40.1 Å². The van der Waals surface area contributed by atoms with Crippen molar-refractivity contribution in [3.05, 3.63) is 163 Å². The van der Waals surface area contributed by atoms with E-state index in [1.54, 1.807) is 12.5 Å². The molecule has 0 radical (unpaired) electrons. The first-order valence-corrected chi connectivity index (χ1v) is 49.0. The number of phenolic OH excluding ortho intramolecular Hbond substituents is 4. The van der Waals surface area contributed by atoms with Gasteiger partial charge in [0.15, 0.2) is 69.7 Å². The monoisotopic (exact) mass is 2030 g/mol. The lowest BCUT2D eigenvalue weighted by Crippen LogP contribution is -2.41. The topological polar surface area (TPSA) is 638 Å². The third kappa shape index (κ3) is 27.5. The summed E-state index contributed by atoms with van der Waals surface area (Å²) >= 11 is 15.9. The highest BCUT2D eigenvalue weighted by atomic mass is 35.5. The van der Waals surface area contributed by atoms with Crippen molar-refractivity contribution in [1.29, 1.82) is 0 Å². The van der Waals surface area contributed by atoms with E-state index in [1.165, 1.54) is 48.5 Å². The molecule has 129 heavy (non-hydrogen) atoms. The fourth-order valence-electron chi connectivity index (χ4n) is 11.8. The number of hydrogen-bond donors (Lipinski definition) is 16. The second kappa shape index (κ2) is 44.5. The molecular weight excluding hydrogens is 1920 g/mol. The molecule has 710 valence electrons. The number of primary sulfonamides is 4. The van der Waals surface area contributed by atoms with Crippen LogP contribution in [-0.2, 0) is 84.8 Å². The van der Waals surface area contributed by atoms with Crippen LogP contribution in [-0.4, -0.2) is 118 Å². The summed E-state index contributed by atoms with van der Waals surface area (Å²) in [4.78, 5) is -2.53. The molecule has 20 N–H and O–H groups in total. The van der Waals surface area contributed by atoms with Gasteiger partial charge >= 0.3 is 0 Å². The van der Waals surface area contributed by atoms with Crippen molar-refractivity contribution in [2.75, 3.05) is 21.3 Å². The molecule has 40 nitrogen and oxygen atoms in total. The molecule has 0 aliphatic carbocycles. The Morgan fingerprint density at radius 1 is 0.403 bits per heavy atom. The highest BCUT2D eigenvalue weighted by molar-refractivity contribution is 7.90. The Bertz CT molecular complexity index is 6340. The summed E-state index contributed by atoms with van der Waals surface area (Å²) < 4.78 is 197. The fourth-order valence-corrected chi connectivity index (χ4v) is 19.1. The van der Waals surface area contributed by atoms with Gasteiger partial charge in [-0.3, -0.25) is 0 Å². The van der Waals surface area contributed by atoms with Crippen LogP contribution >= 0.6 is 46.4 Å². The van der Waals surface area contributed by atoms with E-state index in [0.29, 0.717) is 35.4 Å². The summed E-state index contributed by atoms with van der Waals surface area (Å²) in [5.74, 6) is 2.98. The van der Waals surface area contributed by atoms with Crippen LogP contribution in [0.25, 0.3) is 0 Å². The van der Waals surface area contributed by atoms with E-state index in [9.17, 15) is 70.9 Å². The molecule has 0 amide bonds. The summed E-state index contributed by atoms with van der Waals surface area (Å²) in [5, 5.41) is 84.8. The van der Waals surface area contributed by atoms with Gasteiger partial charge < -0.3 is 80.6 Å². The van der Waals surface area contributed by atoms with Crippen molar-refractivity contribution in [2.24, 2.45) is 73.0 Å². The number of amidine groups is 8. The molecule has 0 saturated heterocycles. The molecule has 8 aromatic rings. The molecule has 0 saturated carbocycles. The minimum atomic E-state index is -4.30. The Balaban J connectivity index is 0.000000302. The number of anilines is 4. The number of nitrogens with zero attached hydrogens (tertiary/aromatic N) is 8. The molecule has 0 bridgehead atoms. The van der Waals surface area contributed by atoms with E-state index in [0.717, 1.165) is 28.2 Å². The average Bonchev–Trinajstić information content (AvgIpc) is 1.78. The average molecular weight is 2030 g/mol. The zero-order valence-electron chi connectivity index (χ0n) is 69.0. The molecule has 4 aromatic carbocycles. The predicted molar refractivity (Wildman–Crippen MR) is 512 cm³/mol. The van der Waals surface area contributed by atoms with Crippen LogP contribution in [0.2, 0.25) is 20.1 Å². The zero-order chi connectivity index (χ0) is 92.9. The minimum absolute atomic E-state index is 0. The van der Waals surface area contributed by atoms with Gasteiger partial charge in [0.25, 0.3) is 44.7 Å². The van der Waals surface area contributed by atoms with Gasteiger partial charge in [-0.05, 0) is 152 Å². The maximum Gasteiger partial charge on any atom is 0.269 e. The number of aryl methyl sites for hydroxylation is 3. The van der Waals surface area contributed by atoms with Crippen LogP contribution in [0, 0.1) is 38.0 Å². The molecule has 52 heteroatoms. The number of nitrogens with two attached hydrogens (primary N) is 4. The molecule has 4 aliphatic heterocycles. The molecule has 4 aliphatic rings. The lowest BCUT2D eigenvalue weighted by atomic mass is 9.85. The van der Waals surface area contributed by atoms with Crippen LogP contribution in [0.4, 0.5) is 22.7 Å². The van der Waals surface area contributed by atoms with Crippen molar-refractivity contribution in [2.45, 2.75) is 196 Å². The fraction of sp³-hybridized carbons (Fsp3) is 0.377. The highest BCUT2D eigenvalue weighted by Crippen LogP contribution is 2.43. The van der Waals surface area contributed by atoms with Crippen LogP contribution in [0.1, 0.15) is 206 Å². The van der Waals surface area contributed by atoms with Gasteiger partial charge in [-0.2, -0.15) is 0 Å². The van der Waals surface area contributed by atoms with Crippen LogP contribution in [0.3, 0.4) is 0 Å². The van der Waals surface area contributed by atoms with Gasteiger partial charge in [-0.25, -0.2) is 71.1 Å². The first-order valence-electron chi connectivity index (χ1n) is 37.0. The quantitative estimate of drug-likeness (QED) is 0.0297. The third-order valence-electron chi connectivity index (χ3n) is 18.3. The first-order chi connectivity index (χ1) is 58.0. The zero-order valence-corrected chi connectivity index (χ0v) is 78.5. The Hall–Kier alpha value is -9.64. The van der Waals surface area contributed by atoms with Gasteiger partial charge in [-0.1, -0.05) is 159 Å². The lowest BCUT2D eigenvalue weighted by molar-refractivity contribution is 0.261. The second-order valence-electron chi connectivity index (χ2n) is 30.2. The third-order valence-corrected chi connectivity index (χ3v) is 26.7. The second-order valence-corrected chi connectivity index (χ2v) is 41.1. The smallest absolute Gasteiger partial charge is 0.269 e. The number of furan rings is 4. The molecular formula is C77H106Cl4N20O20S8. The van der Waals surface area contributed by atoms with Crippen molar-refractivity contribution in [1.82, 2.24) is 21.3 Å². The SMILES string of the molecule is C.C.C.C.CC(C)c1coc([C@H](NC2=NS(=O)N=C2Nc2ccc(Cl)c(S(N)(=O)=O)c2O)C(C)C)c1.CC[C@@H](NC1=NS(=O)N=C1Nc1ccc(Cl)c(S(N)(=O)=O)c1O)c1cc(C(C)C)co1.Cc1cc([C@H](NC2=NS(=O)N=C2Nc2ccc(Cl)c(S(N)(=O)=O)c2O)C(C)C)oc1C.Cc1ccc([C@H](NC2=NS(=O)N=C2Nc2ccc(Cl)c(S(N)(=O)=O)c2O)C(C)(C)C)o1. The van der Waals surface area contributed by atoms with Crippen molar-refractivity contribution < 1.29 is 88.6 Å². The highest BCUT2D eigenvalue weighted by Gasteiger charge is 2.37. The number of phenols is 4. The number of hydrogen-bond acceptors (Lipinski definition) is 28. The molecule has 12 rings (SSSR count). The molecule has 8 heterocycles. The van der Waals surface area contributed by atoms with E-state index in [-0.39, 0.29) is 167 Å². The predicted octanol–water partition coefficient (Wildman–Crippen LogP) is 14.2. The lowest BCUT2D eigenvalue weighted by Gasteiger charge is -2.30. The summed E-state index contributed by atoms with van der Waals surface area (Å²) in [7, 11) is -17.2. The van der Waals surface area contributed by atoms with Crippen LogP contribution < -0.4 is 63.1 Å². The number of aromatic hydroxyl groups is 4.